The Morgan fingerprint density at radius 2 is 2.00 bits per heavy atom. The van der Waals surface area contributed by atoms with Gasteiger partial charge in [0.2, 0.25) is 0 Å². The van der Waals surface area contributed by atoms with Crippen molar-refractivity contribution in [2.75, 3.05) is 19.8 Å². The Bertz CT molecular complexity index is 739. The van der Waals surface area contributed by atoms with Crippen LogP contribution in [-0.4, -0.2) is 66.0 Å². The minimum Gasteiger partial charge on any atom is -0.371 e. The van der Waals surface area contributed by atoms with Crippen LogP contribution in [0.5, 0.6) is 0 Å². The highest BCUT2D eigenvalue weighted by Gasteiger charge is 2.51. The number of carbonyl (C=O) groups excluding carboxylic acids is 1. The molecule has 29 heavy (non-hydrogen) atoms. The van der Waals surface area contributed by atoms with Gasteiger partial charge in [0.25, 0.3) is 5.91 Å². The van der Waals surface area contributed by atoms with E-state index in [2.05, 4.69) is 25.6 Å². The van der Waals surface area contributed by atoms with Crippen LogP contribution in [0.1, 0.15) is 49.0 Å². The monoisotopic (exact) mass is 399 g/mol. The molecule has 1 aromatic heterocycles. The molecular weight excluding hydrogens is 370 g/mol. The first-order valence-electron chi connectivity index (χ1n) is 10.9. The number of amides is 1. The highest BCUT2D eigenvalue weighted by Crippen LogP contribution is 2.34. The molecule has 0 aromatic carbocycles. The van der Waals surface area contributed by atoms with Gasteiger partial charge in [-0.3, -0.25) is 14.8 Å². The van der Waals surface area contributed by atoms with Crippen LogP contribution in [0.4, 0.5) is 0 Å². The van der Waals surface area contributed by atoms with Crippen LogP contribution >= 0.6 is 0 Å². The van der Waals surface area contributed by atoms with Crippen LogP contribution < -0.4 is 5.32 Å². The minimum atomic E-state index is -0.194. The van der Waals surface area contributed by atoms with Crippen LogP contribution in [0, 0.1) is 5.92 Å². The molecular formula is C21H29N5O3. The number of ether oxygens (including phenoxy) is 2. The summed E-state index contributed by atoms with van der Waals surface area (Å²) in [4.78, 5) is 16.5. The molecule has 4 aliphatic rings. The second-order valence-electron chi connectivity index (χ2n) is 8.68. The topological polar surface area (TPSA) is 88.4 Å². The largest absolute Gasteiger partial charge is 0.371 e. The normalized spacial score (nSPS) is 34.5. The second kappa shape index (κ2) is 8.36. The zero-order valence-corrected chi connectivity index (χ0v) is 16.7. The first-order valence-corrected chi connectivity index (χ1v) is 10.9. The number of carbonyl (C=O) groups is 1. The molecule has 3 aliphatic heterocycles. The number of nitrogens with one attached hydrogen (secondary N) is 1. The third-order valence-corrected chi connectivity index (χ3v) is 6.68. The zero-order chi connectivity index (χ0) is 19.6. The van der Waals surface area contributed by atoms with E-state index in [0.717, 1.165) is 18.9 Å². The quantitative estimate of drug-likeness (QED) is 0.821. The fourth-order valence-electron chi connectivity index (χ4n) is 5.16. The van der Waals surface area contributed by atoms with Gasteiger partial charge in [-0.1, -0.05) is 43.4 Å². The van der Waals surface area contributed by atoms with Crippen molar-refractivity contribution in [1.82, 2.24) is 15.3 Å². The van der Waals surface area contributed by atoms with Crippen molar-refractivity contribution in [2.24, 2.45) is 16.3 Å². The molecule has 1 aliphatic carbocycles. The summed E-state index contributed by atoms with van der Waals surface area (Å²) in [6.07, 6.45) is 9.30. The van der Waals surface area contributed by atoms with Gasteiger partial charge in [-0.2, -0.15) is 5.11 Å². The first-order chi connectivity index (χ1) is 14.3. The summed E-state index contributed by atoms with van der Waals surface area (Å²) in [6.45, 7) is 1.85. The highest BCUT2D eigenvalue weighted by atomic mass is 16.6. The van der Waals surface area contributed by atoms with Crippen LogP contribution in [0.25, 0.3) is 0 Å². The van der Waals surface area contributed by atoms with Crippen molar-refractivity contribution in [3.8, 4) is 0 Å². The van der Waals surface area contributed by atoms with E-state index in [0.29, 0.717) is 24.9 Å². The Morgan fingerprint density at radius 1 is 1.14 bits per heavy atom. The molecule has 1 aromatic rings. The predicted molar refractivity (Wildman–Crippen MR) is 105 cm³/mol. The van der Waals surface area contributed by atoms with Crippen molar-refractivity contribution >= 4 is 5.91 Å². The lowest BCUT2D eigenvalue weighted by Crippen LogP contribution is -2.46. The number of rotatable bonds is 5. The van der Waals surface area contributed by atoms with Gasteiger partial charge in [0.05, 0.1) is 31.8 Å². The van der Waals surface area contributed by atoms with Gasteiger partial charge >= 0.3 is 0 Å². The number of fused-ring (bicyclic) bond motifs is 1. The lowest BCUT2D eigenvalue weighted by atomic mass is 9.85. The maximum Gasteiger partial charge on any atom is 0.270 e. The first kappa shape index (κ1) is 18.9. The average Bonchev–Trinajstić information content (AvgIpc) is 3.47. The summed E-state index contributed by atoms with van der Waals surface area (Å²) in [5.41, 5.74) is 0.407. The van der Waals surface area contributed by atoms with Crippen molar-refractivity contribution in [1.29, 1.82) is 0 Å². The summed E-state index contributed by atoms with van der Waals surface area (Å²) in [7, 11) is 0. The number of pyridine rings is 1. The van der Waals surface area contributed by atoms with Gasteiger partial charge in [0, 0.05) is 6.20 Å². The predicted octanol–water partition coefficient (Wildman–Crippen LogP) is 2.37. The van der Waals surface area contributed by atoms with E-state index in [1.54, 1.807) is 24.4 Å². The van der Waals surface area contributed by atoms with E-state index in [1.165, 1.54) is 32.1 Å². The number of hydrogen-bond acceptors (Lipinski definition) is 7. The Balaban J connectivity index is 1.15. The van der Waals surface area contributed by atoms with Crippen LogP contribution in [-0.2, 0) is 9.47 Å². The van der Waals surface area contributed by atoms with E-state index in [4.69, 9.17) is 9.47 Å². The standard InChI is InChI=1S/C21H29N5O3/c27-21(16-8-4-5-9-22-16)23-17-12-28-20-18(13-29-19(17)20)26-11-15(24-25-26)10-14-6-2-1-3-7-14/h4-5,8-9,14-15,17-20H,1-3,6-7,10-13H2,(H,23,27)/t15?,17-,18-,19+,20+/m0/s1. The number of nitrogens with zero attached hydrogens (tertiary/aromatic N) is 4. The van der Waals surface area contributed by atoms with Crippen molar-refractivity contribution in [3.63, 3.8) is 0 Å². The molecule has 5 atom stereocenters. The smallest absolute Gasteiger partial charge is 0.270 e. The Labute approximate surface area is 171 Å². The van der Waals surface area contributed by atoms with E-state index in [9.17, 15) is 4.79 Å². The van der Waals surface area contributed by atoms with E-state index in [1.807, 2.05) is 0 Å². The summed E-state index contributed by atoms with van der Waals surface area (Å²) >= 11 is 0. The molecule has 0 bridgehead atoms. The molecule has 0 spiro atoms. The lowest BCUT2D eigenvalue weighted by Gasteiger charge is -2.26. The lowest BCUT2D eigenvalue weighted by molar-refractivity contribution is 0.0422. The van der Waals surface area contributed by atoms with E-state index < -0.39 is 0 Å². The molecule has 1 N–H and O–H groups in total. The van der Waals surface area contributed by atoms with Crippen LogP contribution in [0.15, 0.2) is 34.7 Å². The maximum atomic E-state index is 12.4. The molecule has 1 amide bonds. The Hall–Kier alpha value is -2.06. The third-order valence-electron chi connectivity index (χ3n) is 6.68. The Kier molecular flexibility index (Phi) is 5.46. The van der Waals surface area contributed by atoms with Gasteiger partial charge in [-0.25, -0.2) is 0 Å². The third kappa shape index (κ3) is 4.00. The van der Waals surface area contributed by atoms with Gasteiger partial charge in [-0.15, -0.1) is 0 Å². The molecule has 5 rings (SSSR count). The summed E-state index contributed by atoms with van der Waals surface area (Å²) in [5.74, 6) is 0.606. The number of aromatic nitrogens is 1. The van der Waals surface area contributed by atoms with Crippen LogP contribution in [0.3, 0.4) is 0 Å². The molecule has 156 valence electrons. The minimum absolute atomic E-state index is 0.0665. The summed E-state index contributed by atoms with van der Waals surface area (Å²) in [5, 5.41) is 14.1. The maximum absolute atomic E-state index is 12.4. The summed E-state index contributed by atoms with van der Waals surface area (Å²) < 4.78 is 12.1. The molecule has 8 nitrogen and oxygen atoms in total. The van der Waals surface area contributed by atoms with Gasteiger partial charge in [0.1, 0.15) is 23.9 Å². The number of hydrogen-bond donors (Lipinski definition) is 1. The molecule has 0 radical (unpaired) electrons. The Morgan fingerprint density at radius 3 is 2.83 bits per heavy atom. The van der Waals surface area contributed by atoms with Gasteiger partial charge in [-0.05, 0) is 24.5 Å². The van der Waals surface area contributed by atoms with E-state index in [-0.39, 0.29) is 30.2 Å². The van der Waals surface area contributed by atoms with Crippen molar-refractivity contribution < 1.29 is 14.3 Å². The van der Waals surface area contributed by atoms with E-state index >= 15 is 0 Å². The zero-order valence-electron chi connectivity index (χ0n) is 16.7. The second-order valence-corrected chi connectivity index (χ2v) is 8.68. The van der Waals surface area contributed by atoms with Gasteiger partial charge < -0.3 is 14.8 Å². The van der Waals surface area contributed by atoms with Crippen molar-refractivity contribution in [2.45, 2.75) is 68.9 Å². The van der Waals surface area contributed by atoms with Crippen LogP contribution in [0.2, 0.25) is 0 Å². The molecule has 2 saturated heterocycles. The summed E-state index contributed by atoms with van der Waals surface area (Å²) in [6, 6.07) is 5.49. The molecule has 8 heteroatoms. The van der Waals surface area contributed by atoms with Gasteiger partial charge in [0.15, 0.2) is 0 Å². The average molecular weight is 399 g/mol. The fourth-order valence-corrected chi connectivity index (χ4v) is 5.16. The molecule has 1 unspecified atom stereocenters. The SMILES string of the molecule is O=C(N[C@H]1CO[C@H]2[C@@H]1OC[C@@H]2N1CC(CC2CCCCC2)N=N1)c1ccccn1. The highest BCUT2D eigenvalue weighted by molar-refractivity contribution is 5.92. The molecule has 1 saturated carbocycles. The molecule has 3 fully saturated rings. The fraction of sp³-hybridized carbons (Fsp3) is 0.714. The molecule has 4 heterocycles. The van der Waals surface area contributed by atoms with Crippen molar-refractivity contribution in [3.05, 3.63) is 30.1 Å².